The Morgan fingerprint density at radius 2 is 1.88 bits per heavy atom. The molecule has 0 saturated heterocycles. The number of halogens is 1. The van der Waals surface area contributed by atoms with Gasteiger partial charge in [0.2, 0.25) is 5.91 Å². The van der Waals surface area contributed by atoms with Gasteiger partial charge in [-0.25, -0.2) is 0 Å². The lowest BCUT2D eigenvalue weighted by molar-refractivity contribution is -0.128. The fourth-order valence-corrected chi connectivity index (χ4v) is 2.26. The van der Waals surface area contributed by atoms with Gasteiger partial charge < -0.3 is 21.1 Å². The molecule has 0 aliphatic carbocycles. The summed E-state index contributed by atoms with van der Waals surface area (Å²) in [7, 11) is 1.63. The predicted octanol–water partition coefficient (Wildman–Crippen LogP) is 1.71. The number of guanidine groups is 1. The monoisotopic (exact) mass is 462 g/mol. The summed E-state index contributed by atoms with van der Waals surface area (Å²) in [4.78, 5) is 16.4. The summed E-state index contributed by atoms with van der Waals surface area (Å²) in [6.07, 6.45) is 0. The van der Waals surface area contributed by atoms with Gasteiger partial charge in [0.25, 0.3) is 0 Å². The first kappa shape index (κ1) is 23.6. The Balaban J connectivity index is 0.00000576. The molecular formula is C18H31IN4O2. The zero-order valence-corrected chi connectivity index (χ0v) is 17.8. The third-order valence-corrected chi connectivity index (χ3v) is 3.83. The molecule has 7 heteroatoms. The Morgan fingerprint density at radius 1 is 1.24 bits per heavy atom. The molecule has 0 heterocycles. The van der Waals surface area contributed by atoms with Gasteiger partial charge in [0.05, 0.1) is 18.6 Å². The quantitative estimate of drug-likeness (QED) is 0.269. The Labute approximate surface area is 167 Å². The van der Waals surface area contributed by atoms with Gasteiger partial charge in [-0.15, -0.1) is 24.0 Å². The minimum atomic E-state index is -0.576. The van der Waals surface area contributed by atoms with Gasteiger partial charge in [0.1, 0.15) is 0 Å². The van der Waals surface area contributed by atoms with Gasteiger partial charge in [-0.1, -0.05) is 30.3 Å². The van der Waals surface area contributed by atoms with Gasteiger partial charge in [0, 0.05) is 26.1 Å². The molecule has 1 rings (SSSR count). The number of aliphatic imine (C=N–C) groups is 1. The number of aliphatic hydroxyl groups is 1. The van der Waals surface area contributed by atoms with Crippen molar-refractivity contribution in [1.82, 2.24) is 16.0 Å². The van der Waals surface area contributed by atoms with Crippen LogP contribution >= 0.6 is 24.0 Å². The third-order valence-electron chi connectivity index (χ3n) is 3.83. The van der Waals surface area contributed by atoms with Crippen LogP contribution in [0.1, 0.15) is 32.3 Å². The molecule has 1 aromatic rings. The maximum absolute atomic E-state index is 11.8. The van der Waals surface area contributed by atoms with E-state index >= 15 is 0 Å². The highest BCUT2D eigenvalue weighted by Crippen LogP contribution is 2.16. The second-order valence-corrected chi connectivity index (χ2v) is 6.33. The van der Waals surface area contributed by atoms with E-state index in [2.05, 4.69) is 20.9 Å². The Bertz CT molecular complexity index is 535. The summed E-state index contributed by atoms with van der Waals surface area (Å²) in [6.45, 7) is 7.42. The second-order valence-electron chi connectivity index (χ2n) is 6.33. The molecule has 1 amide bonds. The van der Waals surface area contributed by atoms with Crippen molar-refractivity contribution in [2.75, 3.05) is 33.3 Å². The molecule has 1 atom stereocenters. The molecule has 6 nitrogen and oxygen atoms in total. The van der Waals surface area contributed by atoms with Crippen molar-refractivity contribution in [3.8, 4) is 0 Å². The van der Waals surface area contributed by atoms with Crippen molar-refractivity contribution in [2.45, 2.75) is 26.7 Å². The Hall–Kier alpha value is -1.35. The average Bonchev–Trinajstić information content (AvgIpc) is 2.60. The largest absolute Gasteiger partial charge is 0.396 e. The molecular weight excluding hydrogens is 431 g/mol. The van der Waals surface area contributed by atoms with Gasteiger partial charge in [-0.3, -0.25) is 9.79 Å². The number of carbonyl (C=O) groups is 1. The van der Waals surface area contributed by atoms with E-state index in [-0.39, 0.29) is 42.4 Å². The number of benzene rings is 1. The summed E-state index contributed by atoms with van der Waals surface area (Å²) >= 11 is 0. The van der Waals surface area contributed by atoms with Crippen molar-refractivity contribution in [3.05, 3.63) is 35.9 Å². The van der Waals surface area contributed by atoms with Crippen molar-refractivity contribution < 1.29 is 9.90 Å². The first-order valence-corrected chi connectivity index (χ1v) is 8.34. The summed E-state index contributed by atoms with van der Waals surface area (Å²) in [5.74, 6) is 0.588. The molecule has 142 valence electrons. The van der Waals surface area contributed by atoms with Gasteiger partial charge >= 0.3 is 0 Å². The number of carbonyl (C=O) groups excluding carboxylic acids is 1. The molecule has 0 fully saturated rings. The minimum absolute atomic E-state index is 0. The Morgan fingerprint density at radius 3 is 2.40 bits per heavy atom. The molecule has 0 aliphatic heterocycles. The number of rotatable bonds is 8. The van der Waals surface area contributed by atoms with E-state index in [0.29, 0.717) is 19.0 Å². The first-order valence-electron chi connectivity index (χ1n) is 8.34. The van der Waals surface area contributed by atoms with E-state index in [9.17, 15) is 9.90 Å². The van der Waals surface area contributed by atoms with Crippen molar-refractivity contribution in [1.29, 1.82) is 0 Å². The zero-order valence-electron chi connectivity index (χ0n) is 15.5. The number of aliphatic hydroxyl groups excluding tert-OH is 1. The Kier molecular flexibility index (Phi) is 11.4. The second kappa shape index (κ2) is 12.1. The average molecular weight is 462 g/mol. The molecule has 0 aliphatic rings. The maximum atomic E-state index is 11.8. The lowest BCUT2D eigenvalue weighted by Gasteiger charge is -2.22. The van der Waals surface area contributed by atoms with Gasteiger partial charge in [-0.05, 0) is 26.3 Å². The van der Waals surface area contributed by atoms with Gasteiger partial charge in [-0.2, -0.15) is 0 Å². The van der Waals surface area contributed by atoms with Crippen molar-refractivity contribution in [3.63, 3.8) is 0 Å². The molecule has 25 heavy (non-hydrogen) atoms. The minimum Gasteiger partial charge on any atom is -0.396 e. The SMILES string of the molecule is CCNC(=NCC(C)(C)C(=O)NC)NCC(CO)c1ccccc1.I. The molecule has 0 bridgehead atoms. The maximum Gasteiger partial charge on any atom is 0.227 e. The number of nitrogens with zero attached hydrogens (tertiary/aromatic N) is 1. The normalized spacial score (nSPS) is 12.8. The highest BCUT2D eigenvalue weighted by molar-refractivity contribution is 14.0. The van der Waals surface area contributed by atoms with Crippen LogP contribution in [-0.2, 0) is 4.79 Å². The van der Waals surface area contributed by atoms with E-state index in [4.69, 9.17) is 0 Å². The molecule has 1 aromatic carbocycles. The molecule has 0 aromatic heterocycles. The summed E-state index contributed by atoms with van der Waals surface area (Å²) < 4.78 is 0. The van der Waals surface area contributed by atoms with Crippen LogP contribution < -0.4 is 16.0 Å². The smallest absolute Gasteiger partial charge is 0.227 e. The standard InChI is InChI=1S/C18H30N4O2.HI/c1-5-20-17(22-13-18(2,3)16(24)19-4)21-11-15(12-23)14-9-7-6-8-10-14;/h6-10,15,23H,5,11-13H2,1-4H3,(H,19,24)(H2,20,21,22);1H. The topological polar surface area (TPSA) is 85.8 Å². The highest BCUT2D eigenvalue weighted by atomic mass is 127. The van der Waals surface area contributed by atoms with E-state index < -0.39 is 5.41 Å². The number of hydrogen-bond donors (Lipinski definition) is 4. The number of amides is 1. The molecule has 4 N–H and O–H groups in total. The molecule has 1 unspecified atom stereocenters. The van der Waals surface area contributed by atoms with Crippen LogP contribution in [0.2, 0.25) is 0 Å². The van der Waals surface area contributed by atoms with Crippen LogP contribution in [0.5, 0.6) is 0 Å². The summed E-state index contributed by atoms with van der Waals surface area (Å²) in [5, 5.41) is 18.7. The first-order chi connectivity index (χ1) is 11.4. The molecule has 0 radical (unpaired) electrons. The van der Waals surface area contributed by atoms with Crippen LogP contribution in [0.4, 0.5) is 0 Å². The van der Waals surface area contributed by atoms with Crippen LogP contribution in [0.3, 0.4) is 0 Å². The lowest BCUT2D eigenvalue weighted by Crippen LogP contribution is -2.42. The summed E-state index contributed by atoms with van der Waals surface area (Å²) in [5.41, 5.74) is 0.501. The van der Waals surface area contributed by atoms with Crippen LogP contribution in [-0.4, -0.2) is 50.3 Å². The summed E-state index contributed by atoms with van der Waals surface area (Å²) in [6, 6.07) is 9.88. The number of hydrogen-bond acceptors (Lipinski definition) is 3. The van der Waals surface area contributed by atoms with E-state index in [1.54, 1.807) is 7.05 Å². The van der Waals surface area contributed by atoms with Crippen LogP contribution in [0, 0.1) is 5.41 Å². The van der Waals surface area contributed by atoms with Crippen molar-refractivity contribution >= 4 is 35.8 Å². The fraction of sp³-hybridized carbons (Fsp3) is 0.556. The zero-order chi connectivity index (χ0) is 18.0. The number of nitrogens with one attached hydrogen (secondary N) is 3. The lowest BCUT2D eigenvalue weighted by atomic mass is 9.93. The molecule has 0 saturated carbocycles. The van der Waals surface area contributed by atoms with E-state index in [1.807, 2.05) is 51.1 Å². The fourth-order valence-electron chi connectivity index (χ4n) is 2.26. The van der Waals surface area contributed by atoms with Crippen LogP contribution in [0.25, 0.3) is 0 Å². The van der Waals surface area contributed by atoms with Gasteiger partial charge in [0.15, 0.2) is 5.96 Å². The third kappa shape index (κ3) is 8.04. The van der Waals surface area contributed by atoms with Crippen molar-refractivity contribution in [2.24, 2.45) is 10.4 Å². The van der Waals surface area contributed by atoms with Crippen LogP contribution in [0.15, 0.2) is 35.3 Å². The highest BCUT2D eigenvalue weighted by Gasteiger charge is 2.26. The van der Waals surface area contributed by atoms with E-state index in [0.717, 1.165) is 12.1 Å². The predicted molar refractivity (Wildman–Crippen MR) is 114 cm³/mol. The molecule has 0 spiro atoms. The van der Waals surface area contributed by atoms with E-state index in [1.165, 1.54) is 0 Å².